The van der Waals surface area contributed by atoms with Crippen LogP contribution in [-0.4, -0.2) is 35.0 Å². The van der Waals surface area contributed by atoms with Crippen molar-refractivity contribution in [1.29, 1.82) is 0 Å². The zero-order valence-electron chi connectivity index (χ0n) is 15.1. The van der Waals surface area contributed by atoms with Crippen LogP contribution in [0.2, 0.25) is 0 Å². The van der Waals surface area contributed by atoms with Crippen molar-refractivity contribution in [1.82, 2.24) is 4.90 Å². The summed E-state index contributed by atoms with van der Waals surface area (Å²) in [5, 5.41) is 9.09. The van der Waals surface area contributed by atoms with Crippen LogP contribution in [0.3, 0.4) is 0 Å². The number of carboxylic acid groups (broad SMARTS) is 1. The molecule has 27 heavy (non-hydrogen) atoms. The van der Waals surface area contributed by atoms with Crippen molar-refractivity contribution < 1.29 is 19.4 Å². The number of ether oxygens (including phenoxy) is 1. The lowest BCUT2D eigenvalue weighted by Crippen LogP contribution is -2.31. The van der Waals surface area contributed by atoms with Crippen LogP contribution >= 0.6 is 0 Å². The summed E-state index contributed by atoms with van der Waals surface area (Å²) >= 11 is 0. The molecule has 0 radical (unpaired) electrons. The van der Waals surface area contributed by atoms with Crippen LogP contribution in [0, 0.1) is 11.8 Å². The first kappa shape index (κ1) is 17.6. The van der Waals surface area contributed by atoms with E-state index >= 15 is 0 Å². The highest BCUT2D eigenvalue weighted by Crippen LogP contribution is 2.49. The summed E-state index contributed by atoms with van der Waals surface area (Å²) in [5.74, 6) is -0.0581. The van der Waals surface area contributed by atoms with Crippen LogP contribution in [0.5, 0.6) is 5.75 Å². The number of nitrogens with zero attached hydrogens (tertiary/aromatic N) is 1. The molecule has 140 valence electrons. The maximum atomic E-state index is 12.6. The molecule has 1 aliphatic carbocycles. The van der Waals surface area contributed by atoms with Gasteiger partial charge in [0.15, 0.2) is 0 Å². The average molecular weight is 365 g/mol. The molecule has 2 fully saturated rings. The Bertz CT molecular complexity index is 818. The van der Waals surface area contributed by atoms with Crippen LogP contribution in [0.4, 0.5) is 0 Å². The van der Waals surface area contributed by atoms with E-state index in [1.807, 2.05) is 54.6 Å². The molecule has 2 aliphatic rings. The predicted octanol–water partition coefficient (Wildman–Crippen LogP) is 3.30. The second-order valence-electron chi connectivity index (χ2n) is 7.40. The summed E-state index contributed by atoms with van der Waals surface area (Å²) in [4.78, 5) is 25.4. The largest absolute Gasteiger partial charge is 0.489 e. The molecule has 1 N–H and O–H groups in total. The van der Waals surface area contributed by atoms with Gasteiger partial charge in [0, 0.05) is 19.0 Å². The first-order valence-electron chi connectivity index (χ1n) is 9.40. The molecule has 2 aromatic rings. The third-order valence-corrected chi connectivity index (χ3v) is 5.51. The minimum atomic E-state index is -0.802. The van der Waals surface area contributed by atoms with E-state index in [-0.39, 0.29) is 17.7 Å². The lowest BCUT2D eigenvalue weighted by molar-refractivity contribution is -0.141. The number of likely N-dealkylation sites (tertiary alicyclic amines) is 1. The second kappa shape index (κ2) is 7.43. The lowest BCUT2D eigenvalue weighted by atomic mass is 10.1. The van der Waals surface area contributed by atoms with Crippen molar-refractivity contribution in [3.8, 4) is 5.75 Å². The number of hydrogen-bond donors (Lipinski definition) is 1. The molecule has 0 aromatic heterocycles. The first-order chi connectivity index (χ1) is 13.1. The number of aliphatic carboxylic acids is 1. The van der Waals surface area contributed by atoms with Gasteiger partial charge in [0.25, 0.3) is 0 Å². The summed E-state index contributed by atoms with van der Waals surface area (Å²) in [6.45, 7) is 1.44. The van der Waals surface area contributed by atoms with Gasteiger partial charge in [-0.2, -0.15) is 0 Å². The Labute approximate surface area is 158 Å². The van der Waals surface area contributed by atoms with Crippen LogP contribution in [0.1, 0.15) is 29.9 Å². The van der Waals surface area contributed by atoms with Crippen LogP contribution in [0.15, 0.2) is 54.6 Å². The molecule has 2 aromatic carbocycles. The van der Waals surface area contributed by atoms with Gasteiger partial charge in [-0.05, 0) is 42.0 Å². The Morgan fingerprint density at radius 2 is 1.81 bits per heavy atom. The molecule has 5 nitrogen and oxygen atoms in total. The summed E-state index contributed by atoms with van der Waals surface area (Å²) < 4.78 is 5.81. The van der Waals surface area contributed by atoms with Gasteiger partial charge in [-0.25, -0.2) is 0 Å². The third-order valence-electron chi connectivity index (χ3n) is 5.51. The van der Waals surface area contributed by atoms with E-state index in [0.717, 1.165) is 23.3 Å². The predicted molar refractivity (Wildman–Crippen MR) is 100 cm³/mol. The lowest BCUT2D eigenvalue weighted by Gasteiger charge is -2.15. The summed E-state index contributed by atoms with van der Waals surface area (Å²) in [6, 6.07) is 18.0. The van der Waals surface area contributed by atoms with Gasteiger partial charge in [0.05, 0.1) is 5.92 Å². The zero-order valence-corrected chi connectivity index (χ0v) is 15.1. The topological polar surface area (TPSA) is 66.8 Å². The molecule has 1 amide bonds. The number of carboxylic acids is 1. The fourth-order valence-electron chi connectivity index (χ4n) is 3.78. The van der Waals surface area contributed by atoms with E-state index in [2.05, 4.69) is 0 Å². The molecule has 1 saturated carbocycles. The summed E-state index contributed by atoms with van der Waals surface area (Å²) in [7, 11) is 0. The van der Waals surface area contributed by atoms with E-state index in [1.54, 1.807) is 4.90 Å². The highest BCUT2D eigenvalue weighted by Gasteiger charge is 2.47. The Hall–Kier alpha value is -2.82. The molecule has 1 saturated heterocycles. The van der Waals surface area contributed by atoms with E-state index in [9.17, 15) is 9.59 Å². The molecule has 5 heteroatoms. The highest BCUT2D eigenvalue weighted by atomic mass is 16.5. The standard InChI is InChI=1S/C22H23NO4/c24-21(23-11-10-17(13-23)22(25)26)20-12-19(20)16-6-8-18(9-7-16)27-14-15-4-2-1-3-5-15/h1-9,17,19-20H,10-14H2,(H,25,26). The van der Waals surface area contributed by atoms with Crippen molar-refractivity contribution >= 4 is 11.9 Å². The smallest absolute Gasteiger partial charge is 0.308 e. The fourth-order valence-corrected chi connectivity index (χ4v) is 3.78. The van der Waals surface area contributed by atoms with Gasteiger partial charge in [-0.3, -0.25) is 9.59 Å². The zero-order chi connectivity index (χ0) is 18.8. The number of carbonyl (C=O) groups excluding carboxylic acids is 1. The maximum absolute atomic E-state index is 12.6. The fraction of sp³-hybridized carbons (Fsp3) is 0.364. The SMILES string of the molecule is O=C(O)C1CCN(C(=O)C2CC2c2ccc(OCc3ccccc3)cc2)C1. The quantitative estimate of drug-likeness (QED) is 0.853. The third kappa shape index (κ3) is 3.97. The van der Waals surface area contributed by atoms with Gasteiger partial charge < -0.3 is 14.7 Å². The summed E-state index contributed by atoms with van der Waals surface area (Å²) in [5.41, 5.74) is 2.27. The van der Waals surface area contributed by atoms with Gasteiger partial charge in [0.1, 0.15) is 12.4 Å². The highest BCUT2D eigenvalue weighted by molar-refractivity contribution is 5.84. The van der Waals surface area contributed by atoms with E-state index < -0.39 is 11.9 Å². The van der Waals surface area contributed by atoms with E-state index in [1.165, 1.54) is 0 Å². The molecular weight excluding hydrogens is 342 g/mol. The van der Waals surface area contributed by atoms with Crippen LogP contribution in [-0.2, 0) is 16.2 Å². The molecule has 3 unspecified atom stereocenters. The maximum Gasteiger partial charge on any atom is 0.308 e. The number of hydrogen-bond acceptors (Lipinski definition) is 3. The van der Waals surface area contributed by atoms with Crippen molar-refractivity contribution in [2.45, 2.75) is 25.4 Å². The molecule has 0 bridgehead atoms. The van der Waals surface area contributed by atoms with E-state index in [4.69, 9.17) is 9.84 Å². The first-order valence-corrected chi connectivity index (χ1v) is 9.40. The van der Waals surface area contributed by atoms with Crippen molar-refractivity contribution in [2.75, 3.05) is 13.1 Å². The van der Waals surface area contributed by atoms with Gasteiger partial charge in [0.2, 0.25) is 5.91 Å². The Kier molecular flexibility index (Phi) is 4.84. The molecule has 1 heterocycles. The van der Waals surface area contributed by atoms with Crippen molar-refractivity contribution in [3.63, 3.8) is 0 Å². The minimum Gasteiger partial charge on any atom is -0.489 e. The summed E-state index contributed by atoms with van der Waals surface area (Å²) in [6.07, 6.45) is 1.41. The number of rotatable bonds is 6. The second-order valence-corrected chi connectivity index (χ2v) is 7.40. The van der Waals surface area contributed by atoms with Gasteiger partial charge in [-0.15, -0.1) is 0 Å². The Morgan fingerprint density at radius 3 is 2.48 bits per heavy atom. The monoisotopic (exact) mass is 365 g/mol. The number of carbonyl (C=O) groups is 2. The normalized spacial score (nSPS) is 23.9. The molecule has 0 spiro atoms. The van der Waals surface area contributed by atoms with Gasteiger partial charge >= 0.3 is 5.97 Å². The molecule has 4 rings (SSSR count). The van der Waals surface area contributed by atoms with Crippen LogP contribution in [0.25, 0.3) is 0 Å². The van der Waals surface area contributed by atoms with E-state index in [0.29, 0.717) is 26.1 Å². The van der Waals surface area contributed by atoms with Crippen molar-refractivity contribution in [3.05, 3.63) is 65.7 Å². The molecule has 3 atom stereocenters. The minimum absolute atomic E-state index is 0.00590. The number of amides is 1. The van der Waals surface area contributed by atoms with Crippen LogP contribution < -0.4 is 4.74 Å². The Balaban J connectivity index is 1.30. The number of benzene rings is 2. The van der Waals surface area contributed by atoms with Crippen molar-refractivity contribution in [2.24, 2.45) is 11.8 Å². The molecule has 1 aliphatic heterocycles. The average Bonchev–Trinajstić information content (AvgIpc) is 3.33. The Morgan fingerprint density at radius 1 is 1.07 bits per heavy atom. The van der Waals surface area contributed by atoms with Gasteiger partial charge in [-0.1, -0.05) is 42.5 Å². The molecular formula is C22H23NO4.